The van der Waals surface area contributed by atoms with E-state index in [2.05, 4.69) is 38.8 Å². The lowest BCUT2D eigenvalue weighted by molar-refractivity contribution is -0.128. The Morgan fingerprint density at radius 3 is 2.65 bits per heavy atom. The van der Waals surface area contributed by atoms with E-state index in [9.17, 15) is 4.79 Å². The maximum absolute atomic E-state index is 12.7. The number of aromatic nitrogens is 3. The molecule has 0 spiro atoms. The van der Waals surface area contributed by atoms with Crippen LogP contribution in [0.5, 0.6) is 0 Å². The Balaban J connectivity index is 1.52. The minimum atomic E-state index is -0.000542. The summed E-state index contributed by atoms with van der Waals surface area (Å²) in [6.07, 6.45) is 6.67. The van der Waals surface area contributed by atoms with Gasteiger partial charge in [0, 0.05) is 25.9 Å². The van der Waals surface area contributed by atoms with Crippen LogP contribution in [-0.4, -0.2) is 51.2 Å². The quantitative estimate of drug-likeness (QED) is 0.861. The molecule has 1 aromatic heterocycles. The van der Waals surface area contributed by atoms with Crippen molar-refractivity contribution in [2.24, 2.45) is 5.92 Å². The number of carbonyl (C=O) groups excluding carboxylic acids is 1. The lowest BCUT2D eigenvalue weighted by Gasteiger charge is -2.35. The molecule has 0 aliphatic carbocycles. The molecule has 1 unspecified atom stereocenters. The normalized spacial score (nSPS) is 19.8. The summed E-state index contributed by atoms with van der Waals surface area (Å²) < 4.78 is 2.21. The van der Waals surface area contributed by atoms with E-state index in [1.807, 2.05) is 0 Å². The lowest BCUT2D eigenvalue weighted by atomic mass is 9.98. The molecule has 0 bridgehead atoms. The number of hydrogen-bond donors (Lipinski definition) is 1. The smallest absolute Gasteiger partial charge is 0.237 e. The van der Waals surface area contributed by atoms with Crippen molar-refractivity contribution in [1.29, 1.82) is 0 Å². The standard InChI is InChI=1S/C17H29N5O/c1-13(2)16(21-10-4-3-5-11-21)17(23)18-9-8-15-20-19-14-7-6-12-22(14)15/h13,16H,3-12H2,1-2H3,(H,18,23). The van der Waals surface area contributed by atoms with Crippen LogP contribution in [-0.2, 0) is 24.2 Å². The molecule has 0 radical (unpaired) electrons. The van der Waals surface area contributed by atoms with Crippen molar-refractivity contribution < 1.29 is 4.79 Å². The Morgan fingerprint density at radius 2 is 1.91 bits per heavy atom. The maximum atomic E-state index is 12.7. The topological polar surface area (TPSA) is 63.1 Å². The van der Waals surface area contributed by atoms with Crippen molar-refractivity contribution in [1.82, 2.24) is 25.0 Å². The van der Waals surface area contributed by atoms with E-state index in [4.69, 9.17) is 0 Å². The molecule has 1 atom stereocenters. The summed E-state index contributed by atoms with van der Waals surface area (Å²) in [5.74, 6) is 2.62. The molecule has 6 nitrogen and oxygen atoms in total. The number of likely N-dealkylation sites (tertiary alicyclic amines) is 1. The van der Waals surface area contributed by atoms with Crippen molar-refractivity contribution >= 4 is 5.91 Å². The summed E-state index contributed by atoms with van der Waals surface area (Å²) >= 11 is 0. The van der Waals surface area contributed by atoms with Crippen LogP contribution in [0.1, 0.15) is 51.2 Å². The third kappa shape index (κ3) is 3.74. The van der Waals surface area contributed by atoms with Crippen LogP contribution in [0.4, 0.5) is 0 Å². The second kappa shape index (κ2) is 7.43. The van der Waals surface area contributed by atoms with Gasteiger partial charge in [0.15, 0.2) is 0 Å². The van der Waals surface area contributed by atoms with Gasteiger partial charge in [-0.1, -0.05) is 20.3 Å². The van der Waals surface area contributed by atoms with Crippen LogP contribution in [0.3, 0.4) is 0 Å². The van der Waals surface area contributed by atoms with E-state index in [0.29, 0.717) is 12.5 Å². The average molecular weight is 319 g/mol. The maximum Gasteiger partial charge on any atom is 0.237 e. The van der Waals surface area contributed by atoms with E-state index >= 15 is 0 Å². The average Bonchev–Trinajstić information content (AvgIpc) is 3.13. The molecule has 3 heterocycles. The fourth-order valence-corrected chi connectivity index (χ4v) is 3.88. The minimum absolute atomic E-state index is 0.000542. The Kier molecular flexibility index (Phi) is 5.30. The molecule has 1 fully saturated rings. The number of rotatable bonds is 6. The number of nitrogens with one attached hydrogen (secondary N) is 1. The van der Waals surface area contributed by atoms with Gasteiger partial charge in [0.2, 0.25) is 5.91 Å². The first-order valence-corrected chi connectivity index (χ1v) is 9.09. The first kappa shape index (κ1) is 16.4. The molecule has 1 N–H and O–H groups in total. The SMILES string of the molecule is CC(C)C(C(=O)NCCc1nnc2n1CCC2)N1CCCCC1. The summed E-state index contributed by atoms with van der Waals surface area (Å²) in [5.41, 5.74) is 0. The van der Waals surface area contributed by atoms with E-state index in [0.717, 1.165) is 50.5 Å². The van der Waals surface area contributed by atoms with Gasteiger partial charge in [-0.3, -0.25) is 9.69 Å². The molecule has 0 saturated carbocycles. The highest BCUT2D eigenvalue weighted by Crippen LogP contribution is 2.18. The Morgan fingerprint density at radius 1 is 1.13 bits per heavy atom. The molecule has 1 saturated heterocycles. The van der Waals surface area contributed by atoms with Crippen LogP contribution in [0.2, 0.25) is 0 Å². The van der Waals surface area contributed by atoms with Crippen molar-refractivity contribution in [2.45, 2.75) is 65.0 Å². The van der Waals surface area contributed by atoms with Gasteiger partial charge in [-0.05, 0) is 38.3 Å². The summed E-state index contributed by atoms with van der Waals surface area (Å²) in [6, 6.07) is -0.000542. The molecular weight excluding hydrogens is 290 g/mol. The van der Waals surface area contributed by atoms with Crippen LogP contribution >= 0.6 is 0 Å². The van der Waals surface area contributed by atoms with Crippen molar-refractivity contribution in [3.63, 3.8) is 0 Å². The molecule has 2 aliphatic rings. The minimum Gasteiger partial charge on any atom is -0.354 e. The van der Waals surface area contributed by atoms with E-state index in [-0.39, 0.29) is 11.9 Å². The van der Waals surface area contributed by atoms with E-state index < -0.39 is 0 Å². The van der Waals surface area contributed by atoms with Gasteiger partial charge < -0.3 is 9.88 Å². The zero-order chi connectivity index (χ0) is 16.2. The fraction of sp³-hybridized carbons (Fsp3) is 0.824. The number of amides is 1. The van der Waals surface area contributed by atoms with Gasteiger partial charge in [0.05, 0.1) is 6.04 Å². The first-order valence-electron chi connectivity index (χ1n) is 9.09. The number of aryl methyl sites for hydroxylation is 1. The van der Waals surface area contributed by atoms with Gasteiger partial charge in [-0.15, -0.1) is 10.2 Å². The second-order valence-corrected chi connectivity index (χ2v) is 7.11. The molecule has 6 heteroatoms. The Labute approximate surface area is 138 Å². The number of fused-ring (bicyclic) bond motifs is 1. The fourth-order valence-electron chi connectivity index (χ4n) is 3.88. The second-order valence-electron chi connectivity index (χ2n) is 7.11. The van der Waals surface area contributed by atoms with Crippen molar-refractivity contribution in [3.8, 4) is 0 Å². The number of piperidine rings is 1. The molecular formula is C17H29N5O. The highest BCUT2D eigenvalue weighted by atomic mass is 16.2. The summed E-state index contributed by atoms with van der Waals surface area (Å²) in [7, 11) is 0. The molecule has 1 aromatic rings. The highest BCUT2D eigenvalue weighted by Gasteiger charge is 2.29. The predicted octanol–water partition coefficient (Wildman–Crippen LogP) is 1.39. The van der Waals surface area contributed by atoms with Crippen LogP contribution in [0.15, 0.2) is 0 Å². The van der Waals surface area contributed by atoms with E-state index in [1.165, 1.54) is 19.3 Å². The monoisotopic (exact) mass is 319 g/mol. The summed E-state index contributed by atoms with van der Waals surface area (Å²) in [5, 5.41) is 11.6. The first-order chi connectivity index (χ1) is 11.2. The van der Waals surface area contributed by atoms with Crippen LogP contribution in [0.25, 0.3) is 0 Å². The lowest BCUT2D eigenvalue weighted by Crippen LogP contribution is -2.51. The van der Waals surface area contributed by atoms with Gasteiger partial charge in [0.1, 0.15) is 11.6 Å². The number of hydrogen-bond acceptors (Lipinski definition) is 4. The summed E-state index contributed by atoms with van der Waals surface area (Å²) in [6.45, 7) is 8.05. The van der Waals surface area contributed by atoms with Crippen LogP contribution < -0.4 is 5.32 Å². The zero-order valence-electron chi connectivity index (χ0n) is 14.4. The highest BCUT2D eigenvalue weighted by molar-refractivity contribution is 5.82. The van der Waals surface area contributed by atoms with E-state index in [1.54, 1.807) is 0 Å². The van der Waals surface area contributed by atoms with Gasteiger partial charge in [-0.25, -0.2) is 0 Å². The van der Waals surface area contributed by atoms with Crippen LogP contribution in [0, 0.1) is 5.92 Å². The van der Waals surface area contributed by atoms with Gasteiger partial charge in [-0.2, -0.15) is 0 Å². The molecule has 2 aliphatic heterocycles. The number of nitrogens with zero attached hydrogens (tertiary/aromatic N) is 4. The van der Waals surface area contributed by atoms with Crippen molar-refractivity contribution in [3.05, 3.63) is 11.6 Å². The van der Waals surface area contributed by atoms with Gasteiger partial charge >= 0.3 is 0 Å². The molecule has 0 aromatic carbocycles. The third-order valence-electron chi connectivity index (χ3n) is 5.02. The molecule has 1 amide bonds. The largest absolute Gasteiger partial charge is 0.354 e. The third-order valence-corrected chi connectivity index (χ3v) is 5.02. The Hall–Kier alpha value is -1.43. The predicted molar refractivity (Wildman–Crippen MR) is 89.1 cm³/mol. The molecule has 3 rings (SSSR count). The Bertz CT molecular complexity index is 533. The summed E-state index contributed by atoms with van der Waals surface area (Å²) in [4.78, 5) is 15.0. The molecule has 128 valence electrons. The zero-order valence-corrected chi connectivity index (χ0v) is 14.4. The van der Waals surface area contributed by atoms with Crippen molar-refractivity contribution in [2.75, 3.05) is 19.6 Å². The molecule has 23 heavy (non-hydrogen) atoms. The van der Waals surface area contributed by atoms with Gasteiger partial charge in [0.25, 0.3) is 0 Å². The number of carbonyl (C=O) groups is 1.